The summed E-state index contributed by atoms with van der Waals surface area (Å²) in [7, 11) is 2.06. The Balaban J connectivity index is 2.85. The normalized spacial score (nSPS) is 10.8. The first kappa shape index (κ1) is 9.53. The van der Waals surface area contributed by atoms with Crippen molar-refractivity contribution in [2.24, 2.45) is 7.05 Å². The fourth-order valence-electron chi connectivity index (χ4n) is 1.70. The van der Waals surface area contributed by atoms with Crippen molar-refractivity contribution >= 4 is 32.4 Å². The average Bonchev–Trinajstić information content (AvgIpc) is 2.43. The molecule has 1 nitrogen and oxygen atoms in total. The first-order valence-electron chi connectivity index (χ1n) is 4.50. The lowest BCUT2D eigenvalue weighted by atomic mass is 10.1. The molecule has 1 aromatic carbocycles. The summed E-state index contributed by atoms with van der Waals surface area (Å²) < 4.78 is 3.24. The van der Waals surface area contributed by atoms with Gasteiger partial charge in [-0.15, -0.1) is 0 Å². The van der Waals surface area contributed by atoms with E-state index in [1.165, 1.54) is 16.5 Å². The number of rotatable bonds is 1. The molecule has 1 heterocycles. The fourth-order valence-corrected chi connectivity index (χ4v) is 2.07. The zero-order valence-electron chi connectivity index (χ0n) is 8.34. The first-order valence-corrected chi connectivity index (χ1v) is 5.29. The molecule has 0 bridgehead atoms. The molecule has 1 aromatic heterocycles. The van der Waals surface area contributed by atoms with Crippen LogP contribution >= 0.6 is 15.9 Å². The van der Waals surface area contributed by atoms with E-state index in [0.717, 1.165) is 10.0 Å². The van der Waals surface area contributed by atoms with Crippen molar-refractivity contribution in [1.29, 1.82) is 0 Å². The summed E-state index contributed by atoms with van der Waals surface area (Å²) in [5.74, 6) is 0. The lowest BCUT2D eigenvalue weighted by molar-refractivity contribution is 0.967. The Morgan fingerprint density at radius 2 is 2.14 bits per heavy atom. The quantitative estimate of drug-likeness (QED) is 0.721. The molecule has 2 rings (SSSR count). The molecule has 14 heavy (non-hydrogen) atoms. The molecular weight excluding hydrogens is 238 g/mol. The van der Waals surface area contributed by atoms with Crippen LogP contribution in [-0.4, -0.2) is 4.57 Å². The van der Waals surface area contributed by atoms with Crippen LogP contribution in [0.2, 0.25) is 0 Å². The third-order valence-electron chi connectivity index (χ3n) is 2.41. The van der Waals surface area contributed by atoms with Crippen molar-refractivity contribution in [3.05, 3.63) is 41.0 Å². The molecule has 0 saturated carbocycles. The van der Waals surface area contributed by atoms with E-state index in [4.69, 9.17) is 0 Å². The molecule has 2 aromatic rings. The molecule has 2 heteroatoms. The molecule has 0 spiro atoms. The maximum Gasteiger partial charge on any atom is 0.0484 e. The molecule has 0 aliphatic heterocycles. The van der Waals surface area contributed by atoms with Gasteiger partial charge in [-0.25, -0.2) is 0 Å². The minimum Gasteiger partial charge on any atom is -0.350 e. The number of nitrogens with zero attached hydrogens (tertiary/aromatic N) is 1. The lowest BCUT2D eigenvalue weighted by Crippen LogP contribution is -1.82. The highest BCUT2D eigenvalue weighted by atomic mass is 79.9. The Kier molecular flexibility index (Phi) is 2.23. The van der Waals surface area contributed by atoms with Crippen molar-refractivity contribution in [3.8, 4) is 0 Å². The van der Waals surface area contributed by atoms with Gasteiger partial charge in [0.05, 0.1) is 0 Å². The van der Waals surface area contributed by atoms with Crippen LogP contribution in [0.25, 0.3) is 16.5 Å². The van der Waals surface area contributed by atoms with E-state index in [0.29, 0.717) is 0 Å². The number of halogens is 1. The van der Waals surface area contributed by atoms with E-state index in [1.807, 2.05) is 6.92 Å². The minimum absolute atomic E-state index is 1.11. The Labute approximate surface area is 92.2 Å². The second kappa shape index (κ2) is 3.28. The highest BCUT2D eigenvalue weighted by Crippen LogP contribution is 2.28. The standard InChI is InChI=1S/C12H12BrN/c1-8(2)11-7-14(3)12-5-4-9(13)6-10(11)12/h4-7H,1H2,2-3H3. The monoisotopic (exact) mass is 249 g/mol. The smallest absolute Gasteiger partial charge is 0.0484 e. The van der Waals surface area contributed by atoms with Gasteiger partial charge in [-0.05, 0) is 30.7 Å². The van der Waals surface area contributed by atoms with Gasteiger partial charge < -0.3 is 4.57 Å². The van der Waals surface area contributed by atoms with E-state index in [9.17, 15) is 0 Å². The number of benzene rings is 1. The van der Waals surface area contributed by atoms with Crippen molar-refractivity contribution in [3.63, 3.8) is 0 Å². The Morgan fingerprint density at radius 3 is 2.79 bits per heavy atom. The van der Waals surface area contributed by atoms with Crippen molar-refractivity contribution in [2.75, 3.05) is 0 Å². The second-order valence-electron chi connectivity index (χ2n) is 3.60. The fraction of sp³-hybridized carbons (Fsp3) is 0.167. The SMILES string of the molecule is C=C(C)c1cn(C)c2ccc(Br)cc12. The summed E-state index contributed by atoms with van der Waals surface area (Å²) in [6, 6.07) is 6.32. The van der Waals surface area contributed by atoms with Gasteiger partial charge in [0, 0.05) is 34.2 Å². The van der Waals surface area contributed by atoms with Gasteiger partial charge in [-0.3, -0.25) is 0 Å². The van der Waals surface area contributed by atoms with Crippen LogP contribution in [0, 0.1) is 0 Å². The van der Waals surface area contributed by atoms with Crippen molar-refractivity contribution < 1.29 is 0 Å². The Morgan fingerprint density at radius 1 is 1.43 bits per heavy atom. The van der Waals surface area contributed by atoms with E-state index in [1.54, 1.807) is 0 Å². The summed E-state index contributed by atoms with van der Waals surface area (Å²) >= 11 is 3.49. The third kappa shape index (κ3) is 1.40. The molecule has 0 radical (unpaired) electrons. The number of hydrogen-bond donors (Lipinski definition) is 0. The molecule has 0 aliphatic rings. The topological polar surface area (TPSA) is 4.93 Å². The number of hydrogen-bond acceptors (Lipinski definition) is 0. The summed E-state index contributed by atoms with van der Waals surface area (Å²) in [6.07, 6.45) is 2.12. The van der Waals surface area contributed by atoms with E-state index in [2.05, 4.69) is 58.5 Å². The van der Waals surface area contributed by atoms with Crippen LogP contribution in [0.4, 0.5) is 0 Å². The van der Waals surface area contributed by atoms with Crippen LogP contribution in [0.15, 0.2) is 35.4 Å². The van der Waals surface area contributed by atoms with Crippen LogP contribution < -0.4 is 0 Å². The van der Waals surface area contributed by atoms with E-state index < -0.39 is 0 Å². The van der Waals surface area contributed by atoms with Crippen LogP contribution in [0.3, 0.4) is 0 Å². The van der Waals surface area contributed by atoms with Crippen molar-refractivity contribution in [1.82, 2.24) is 4.57 Å². The molecule has 0 saturated heterocycles. The predicted octanol–water partition coefficient (Wildman–Crippen LogP) is 3.97. The third-order valence-corrected chi connectivity index (χ3v) is 2.90. The number of fused-ring (bicyclic) bond motifs is 1. The second-order valence-corrected chi connectivity index (χ2v) is 4.51. The van der Waals surface area contributed by atoms with Gasteiger partial charge in [0.1, 0.15) is 0 Å². The van der Waals surface area contributed by atoms with Crippen LogP contribution in [-0.2, 0) is 7.05 Å². The molecule has 0 fully saturated rings. The molecule has 0 amide bonds. The maximum absolute atomic E-state index is 3.99. The zero-order valence-corrected chi connectivity index (χ0v) is 9.93. The number of allylic oxidation sites excluding steroid dienone is 1. The molecule has 0 atom stereocenters. The zero-order chi connectivity index (χ0) is 10.3. The van der Waals surface area contributed by atoms with Gasteiger partial charge >= 0.3 is 0 Å². The number of aryl methyl sites for hydroxylation is 1. The Bertz CT molecular complexity index is 508. The van der Waals surface area contributed by atoms with Gasteiger partial charge in [0.2, 0.25) is 0 Å². The molecule has 72 valence electrons. The molecule has 0 aliphatic carbocycles. The summed E-state index contributed by atoms with van der Waals surface area (Å²) in [6.45, 7) is 6.03. The lowest BCUT2D eigenvalue weighted by Gasteiger charge is -1.97. The summed E-state index contributed by atoms with van der Waals surface area (Å²) in [5, 5.41) is 1.26. The summed E-state index contributed by atoms with van der Waals surface area (Å²) in [4.78, 5) is 0. The van der Waals surface area contributed by atoms with E-state index in [-0.39, 0.29) is 0 Å². The Hall–Kier alpha value is -1.02. The van der Waals surface area contributed by atoms with Gasteiger partial charge in [-0.2, -0.15) is 0 Å². The largest absolute Gasteiger partial charge is 0.350 e. The predicted molar refractivity (Wildman–Crippen MR) is 65.3 cm³/mol. The van der Waals surface area contributed by atoms with Crippen LogP contribution in [0.5, 0.6) is 0 Å². The average molecular weight is 250 g/mol. The minimum atomic E-state index is 1.11. The molecule has 0 N–H and O–H groups in total. The maximum atomic E-state index is 3.99. The number of aromatic nitrogens is 1. The van der Waals surface area contributed by atoms with E-state index >= 15 is 0 Å². The first-order chi connectivity index (χ1) is 6.59. The highest BCUT2D eigenvalue weighted by Gasteiger charge is 2.06. The molecular formula is C12H12BrN. The molecule has 0 unspecified atom stereocenters. The highest BCUT2D eigenvalue weighted by molar-refractivity contribution is 9.10. The summed E-state index contributed by atoms with van der Waals surface area (Å²) in [5.41, 5.74) is 3.57. The van der Waals surface area contributed by atoms with Gasteiger partial charge in [-0.1, -0.05) is 22.5 Å². The van der Waals surface area contributed by atoms with Gasteiger partial charge in [0.15, 0.2) is 0 Å². The van der Waals surface area contributed by atoms with Crippen LogP contribution in [0.1, 0.15) is 12.5 Å². The van der Waals surface area contributed by atoms with Gasteiger partial charge in [0.25, 0.3) is 0 Å². The van der Waals surface area contributed by atoms with Crippen molar-refractivity contribution in [2.45, 2.75) is 6.92 Å².